The van der Waals surface area contributed by atoms with Gasteiger partial charge in [0.2, 0.25) is 0 Å². The fourth-order valence-corrected chi connectivity index (χ4v) is 6.83. The smallest absolute Gasteiger partial charge is 1.00 e. The Morgan fingerprint density at radius 2 is 1.86 bits per heavy atom. The van der Waals surface area contributed by atoms with Crippen molar-refractivity contribution in [3.63, 3.8) is 0 Å². The molecular formula is C35H37ClNNaO3S. The number of pyridine rings is 1. The third kappa shape index (κ3) is 8.72. The second-order valence-electron chi connectivity index (χ2n) is 11.4. The number of nitrogens with zero attached hydrogens (tertiary/aromatic N) is 1. The number of benzene rings is 3. The van der Waals surface area contributed by atoms with Crippen LogP contribution in [0.25, 0.3) is 23.1 Å². The first-order valence-corrected chi connectivity index (χ1v) is 15.5. The van der Waals surface area contributed by atoms with E-state index in [9.17, 15) is 9.90 Å². The van der Waals surface area contributed by atoms with Crippen LogP contribution < -0.4 is 29.6 Å². The van der Waals surface area contributed by atoms with Crippen LogP contribution in [-0.4, -0.2) is 27.4 Å². The standard InChI is InChI=1S/C35H36ClNO3S.Na.H/c1-24(38)40-35(19-20-35)23-41-33(18-14-26-8-4-5-10-31(26)34(2,3)39)28-9-6-7-25(21-28)11-16-30-17-13-27-12-15-29(36)22-32(27)37-30;;/h4-13,15-17,21-22,33,39H,14,18-20,23H2,1-3H3;;/q;+1;-1/b16-11+;;/t33-;;/m1../s1. The monoisotopic (exact) mass is 609 g/mol. The van der Waals surface area contributed by atoms with Crippen molar-refractivity contribution in [2.75, 3.05) is 5.75 Å². The minimum absolute atomic E-state index is 0. The number of ether oxygens (including phenoxy) is 1. The Kier molecular flexibility index (Phi) is 11.0. The van der Waals surface area contributed by atoms with Gasteiger partial charge in [0.05, 0.1) is 16.8 Å². The summed E-state index contributed by atoms with van der Waals surface area (Å²) in [5.41, 5.74) is 4.96. The van der Waals surface area contributed by atoms with E-state index in [0.717, 1.165) is 64.7 Å². The molecule has 0 spiro atoms. The summed E-state index contributed by atoms with van der Waals surface area (Å²) in [4.78, 5) is 16.5. The zero-order chi connectivity index (χ0) is 29.0. The van der Waals surface area contributed by atoms with E-state index in [4.69, 9.17) is 21.3 Å². The molecule has 0 amide bonds. The van der Waals surface area contributed by atoms with Crippen molar-refractivity contribution in [2.24, 2.45) is 0 Å². The third-order valence-corrected chi connectivity index (χ3v) is 9.31. The molecule has 4 nitrogen and oxygen atoms in total. The molecule has 1 N–H and O–H groups in total. The molecule has 214 valence electrons. The Hall–Kier alpha value is -2.12. The van der Waals surface area contributed by atoms with Gasteiger partial charge in [-0.05, 0) is 86.1 Å². The fraction of sp³-hybridized carbons (Fsp3) is 0.314. The molecule has 1 atom stereocenters. The summed E-state index contributed by atoms with van der Waals surface area (Å²) in [5.74, 6) is 0.559. The number of aryl methyl sites for hydroxylation is 1. The van der Waals surface area contributed by atoms with Crippen LogP contribution in [0.5, 0.6) is 0 Å². The molecule has 5 rings (SSSR count). The molecule has 1 heterocycles. The maximum absolute atomic E-state index is 11.7. The molecule has 0 saturated heterocycles. The molecular weight excluding hydrogens is 573 g/mol. The maximum atomic E-state index is 11.7. The molecule has 0 unspecified atom stereocenters. The van der Waals surface area contributed by atoms with Gasteiger partial charge < -0.3 is 11.3 Å². The number of fused-ring (bicyclic) bond motifs is 1. The van der Waals surface area contributed by atoms with Gasteiger partial charge >= 0.3 is 35.5 Å². The molecule has 42 heavy (non-hydrogen) atoms. The van der Waals surface area contributed by atoms with Gasteiger partial charge in [0.15, 0.2) is 0 Å². The van der Waals surface area contributed by atoms with Crippen molar-refractivity contribution in [1.29, 1.82) is 0 Å². The van der Waals surface area contributed by atoms with E-state index in [1.54, 1.807) is 0 Å². The van der Waals surface area contributed by atoms with Gasteiger partial charge in [0.1, 0.15) is 5.60 Å². The molecule has 0 radical (unpaired) electrons. The molecule has 0 aliphatic heterocycles. The van der Waals surface area contributed by atoms with E-state index in [1.165, 1.54) is 12.5 Å². The number of carbonyl (C=O) groups excluding carboxylic acids is 1. The Balaban J connectivity index is 0.00000253. The number of thioether (sulfide) groups is 1. The Morgan fingerprint density at radius 3 is 2.60 bits per heavy atom. The fourth-order valence-electron chi connectivity index (χ4n) is 5.18. The Labute approximate surface area is 281 Å². The average Bonchev–Trinajstić information content (AvgIpc) is 3.70. The van der Waals surface area contributed by atoms with Crippen LogP contribution in [0.15, 0.2) is 78.9 Å². The molecule has 4 aromatic rings. The van der Waals surface area contributed by atoms with E-state index in [0.29, 0.717) is 5.02 Å². The molecule has 1 aliphatic carbocycles. The summed E-state index contributed by atoms with van der Waals surface area (Å²) >= 11 is 8.03. The molecule has 1 saturated carbocycles. The molecule has 1 aliphatic rings. The first-order valence-electron chi connectivity index (χ1n) is 14.1. The minimum Gasteiger partial charge on any atom is -1.00 e. The topological polar surface area (TPSA) is 59.4 Å². The second kappa shape index (κ2) is 14.1. The average molecular weight is 610 g/mol. The summed E-state index contributed by atoms with van der Waals surface area (Å²) in [6.45, 7) is 5.16. The number of hydrogen-bond acceptors (Lipinski definition) is 5. The predicted octanol–water partition coefficient (Wildman–Crippen LogP) is 5.91. The van der Waals surface area contributed by atoms with Crippen LogP contribution in [0, 0.1) is 0 Å². The van der Waals surface area contributed by atoms with E-state index in [2.05, 4.69) is 42.5 Å². The van der Waals surface area contributed by atoms with Crippen LogP contribution in [0.1, 0.15) is 74.7 Å². The molecule has 0 bridgehead atoms. The number of aliphatic hydroxyl groups is 1. The molecule has 1 fully saturated rings. The summed E-state index contributed by atoms with van der Waals surface area (Å²) < 4.78 is 5.69. The normalized spacial score (nSPS) is 14.9. The van der Waals surface area contributed by atoms with Gasteiger partial charge in [-0.3, -0.25) is 4.79 Å². The molecule has 3 aromatic carbocycles. The van der Waals surface area contributed by atoms with Crippen LogP contribution >= 0.6 is 23.4 Å². The first-order chi connectivity index (χ1) is 19.6. The van der Waals surface area contributed by atoms with Crippen LogP contribution in [-0.2, 0) is 21.6 Å². The van der Waals surface area contributed by atoms with Crippen molar-refractivity contribution >= 4 is 52.4 Å². The third-order valence-electron chi connectivity index (χ3n) is 7.47. The minimum atomic E-state index is -0.903. The van der Waals surface area contributed by atoms with Gasteiger partial charge in [-0.2, -0.15) is 0 Å². The van der Waals surface area contributed by atoms with Crippen LogP contribution in [0.3, 0.4) is 0 Å². The first kappa shape index (κ1) is 32.8. The maximum Gasteiger partial charge on any atom is 1.00 e. The number of rotatable bonds is 11. The number of esters is 1. The zero-order valence-electron chi connectivity index (χ0n) is 25.8. The van der Waals surface area contributed by atoms with Crippen molar-refractivity contribution in [3.05, 3.63) is 112 Å². The van der Waals surface area contributed by atoms with Crippen LogP contribution in [0.2, 0.25) is 5.02 Å². The summed E-state index contributed by atoms with van der Waals surface area (Å²) in [6.07, 6.45) is 7.69. The molecule has 7 heteroatoms. The largest absolute Gasteiger partial charge is 1.00 e. The summed E-state index contributed by atoms with van der Waals surface area (Å²) in [7, 11) is 0. The van der Waals surface area contributed by atoms with Crippen molar-refractivity contribution in [2.45, 2.75) is 62.9 Å². The predicted molar refractivity (Wildman–Crippen MR) is 172 cm³/mol. The quantitative estimate of drug-likeness (QED) is 0.169. The van der Waals surface area contributed by atoms with Crippen molar-refractivity contribution in [3.8, 4) is 0 Å². The van der Waals surface area contributed by atoms with Crippen molar-refractivity contribution < 1.29 is 45.6 Å². The van der Waals surface area contributed by atoms with E-state index in [1.807, 2.05) is 74.1 Å². The van der Waals surface area contributed by atoms with E-state index < -0.39 is 5.60 Å². The number of aromatic nitrogens is 1. The van der Waals surface area contributed by atoms with Gasteiger partial charge in [-0.25, -0.2) is 4.98 Å². The SMILES string of the molecule is CC(=O)OC1(CS[C@H](CCc2ccccc2C(C)(C)O)c2cccc(/C=C/c3ccc4ccc(Cl)cc4n3)c2)CC1.[H-].[Na+]. The van der Waals surface area contributed by atoms with Gasteiger partial charge in [-0.15, -0.1) is 11.8 Å². The number of hydrogen-bond donors (Lipinski definition) is 1. The van der Waals surface area contributed by atoms with E-state index >= 15 is 0 Å². The Morgan fingerprint density at radius 1 is 1.10 bits per heavy atom. The number of halogens is 1. The second-order valence-corrected chi connectivity index (χ2v) is 13.0. The number of carbonyl (C=O) groups is 1. The van der Waals surface area contributed by atoms with E-state index in [-0.39, 0.29) is 47.8 Å². The zero-order valence-corrected chi connectivity index (χ0v) is 28.3. The van der Waals surface area contributed by atoms with Crippen LogP contribution in [0.4, 0.5) is 0 Å². The summed E-state index contributed by atoms with van der Waals surface area (Å²) in [6, 6.07) is 26.6. The van der Waals surface area contributed by atoms with Crippen molar-refractivity contribution in [1.82, 2.24) is 4.98 Å². The summed E-state index contributed by atoms with van der Waals surface area (Å²) in [5, 5.41) is 12.7. The molecule has 1 aromatic heterocycles. The van der Waals surface area contributed by atoms with Gasteiger partial charge in [0.25, 0.3) is 0 Å². The van der Waals surface area contributed by atoms with Gasteiger partial charge in [0, 0.05) is 28.3 Å². The van der Waals surface area contributed by atoms with Gasteiger partial charge in [-0.1, -0.05) is 78.3 Å². The Bertz CT molecular complexity index is 1590.